The van der Waals surface area contributed by atoms with Crippen molar-refractivity contribution in [3.05, 3.63) is 29.3 Å². The lowest BCUT2D eigenvalue weighted by Crippen LogP contribution is -2.41. The van der Waals surface area contributed by atoms with Crippen LogP contribution in [0.5, 0.6) is 5.75 Å². The molecule has 1 aliphatic heterocycles. The largest absolute Gasteiger partial charge is 0.507 e. The third-order valence-electron chi connectivity index (χ3n) is 3.91. The maximum Gasteiger partial charge on any atom is 0.490 e. The van der Waals surface area contributed by atoms with Crippen molar-refractivity contribution in [2.24, 2.45) is 0 Å². The minimum Gasteiger partial charge on any atom is -0.507 e. The SMILES string of the molecule is O=C(O)C(F)(F)F.O=C(O)c1ccc(CN(CCN2CCOCC2)[SH](=O)=O)cc1O. The molecule has 0 aromatic heterocycles. The molecule has 1 fully saturated rings. The molecule has 14 heteroatoms. The molecule has 0 amide bonds. The van der Waals surface area contributed by atoms with Gasteiger partial charge in [-0.15, -0.1) is 0 Å². The summed E-state index contributed by atoms with van der Waals surface area (Å²) < 4.78 is 61.1. The molecule has 1 saturated heterocycles. The summed E-state index contributed by atoms with van der Waals surface area (Å²) >= 11 is 0. The predicted octanol–water partition coefficient (Wildman–Crippen LogP) is 0.384. The Morgan fingerprint density at radius 2 is 1.73 bits per heavy atom. The van der Waals surface area contributed by atoms with Gasteiger partial charge >= 0.3 is 18.1 Å². The van der Waals surface area contributed by atoms with Crippen LogP contribution < -0.4 is 0 Å². The van der Waals surface area contributed by atoms with E-state index in [0.29, 0.717) is 31.9 Å². The average Bonchev–Trinajstić information content (AvgIpc) is 2.65. The van der Waals surface area contributed by atoms with Crippen LogP contribution >= 0.6 is 0 Å². The molecule has 0 atom stereocenters. The van der Waals surface area contributed by atoms with Crippen molar-refractivity contribution >= 4 is 22.8 Å². The monoisotopic (exact) mass is 458 g/mol. The van der Waals surface area contributed by atoms with Crippen molar-refractivity contribution in [2.45, 2.75) is 12.7 Å². The number of benzene rings is 1. The maximum absolute atomic E-state index is 11.4. The summed E-state index contributed by atoms with van der Waals surface area (Å²) in [7, 11) is -2.77. The zero-order chi connectivity index (χ0) is 22.9. The molecule has 0 radical (unpaired) electrons. The van der Waals surface area contributed by atoms with Crippen molar-refractivity contribution in [1.82, 2.24) is 9.21 Å². The van der Waals surface area contributed by atoms with Crippen LogP contribution in [-0.4, -0.2) is 90.5 Å². The van der Waals surface area contributed by atoms with E-state index in [9.17, 15) is 31.5 Å². The first kappa shape index (κ1) is 25.6. The first-order chi connectivity index (χ1) is 13.9. The predicted molar refractivity (Wildman–Crippen MR) is 96.7 cm³/mol. The molecular weight excluding hydrogens is 437 g/mol. The van der Waals surface area contributed by atoms with Gasteiger partial charge in [-0.05, 0) is 17.7 Å². The molecule has 1 heterocycles. The quantitative estimate of drug-likeness (QED) is 0.426. The molecule has 10 nitrogen and oxygen atoms in total. The standard InChI is InChI=1S/C14H20N2O6S.C2HF3O2/c17-13-9-11(1-2-12(13)14(18)19)10-16(23(20)21)4-3-15-5-7-22-8-6-15;3-2(4,5)1(6)7/h1-2,9,17,23H,3-8,10H2,(H,18,19);(H,6,7). The minimum atomic E-state index is -5.08. The number of halogens is 3. The third-order valence-corrected chi connectivity index (χ3v) is 4.71. The average molecular weight is 458 g/mol. The molecule has 3 N–H and O–H groups in total. The van der Waals surface area contributed by atoms with E-state index in [2.05, 4.69) is 4.90 Å². The summed E-state index contributed by atoms with van der Waals surface area (Å²) in [5, 5.41) is 25.7. The van der Waals surface area contributed by atoms with Gasteiger partial charge in [0.2, 0.25) is 10.9 Å². The highest BCUT2D eigenvalue weighted by Crippen LogP contribution is 2.20. The van der Waals surface area contributed by atoms with Crippen LogP contribution in [0.3, 0.4) is 0 Å². The van der Waals surface area contributed by atoms with E-state index in [0.717, 1.165) is 13.1 Å². The number of ether oxygens (including phenoxy) is 1. The Hall–Kier alpha value is -2.42. The molecule has 0 unspecified atom stereocenters. The summed E-state index contributed by atoms with van der Waals surface area (Å²) in [6, 6.07) is 4.05. The molecule has 0 spiro atoms. The fourth-order valence-corrected chi connectivity index (χ4v) is 2.90. The van der Waals surface area contributed by atoms with Gasteiger partial charge < -0.3 is 20.1 Å². The van der Waals surface area contributed by atoms with Gasteiger partial charge in [0.25, 0.3) is 0 Å². The van der Waals surface area contributed by atoms with Crippen molar-refractivity contribution < 1.29 is 51.2 Å². The van der Waals surface area contributed by atoms with Crippen molar-refractivity contribution in [2.75, 3.05) is 39.4 Å². The van der Waals surface area contributed by atoms with Gasteiger partial charge in [0, 0.05) is 32.7 Å². The molecule has 170 valence electrons. The maximum atomic E-state index is 11.4. The minimum absolute atomic E-state index is 0.0938. The summed E-state index contributed by atoms with van der Waals surface area (Å²) in [6.45, 7) is 3.87. The summed E-state index contributed by atoms with van der Waals surface area (Å²) in [5.74, 6) is -4.36. The second-order valence-corrected chi connectivity index (χ2v) is 7.08. The number of carboxylic acid groups (broad SMARTS) is 2. The second kappa shape index (κ2) is 11.7. The number of rotatable bonds is 7. The van der Waals surface area contributed by atoms with Crippen LogP contribution in [0.25, 0.3) is 0 Å². The van der Waals surface area contributed by atoms with Crippen molar-refractivity contribution in [3.8, 4) is 5.75 Å². The Morgan fingerprint density at radius 3 is 2.17 bits per heavy atom. The van der Waals surface area contributed by atoms with Gasteiger partial charge in [0.1, 0.15) is 11.3 Å². The Labute approximate surface area is 171 Å². The zero-order valence-corrected chi connectivity index (χ0v) is 16.4. The lowest BCUT2D eigenvalue weighted by Gasteiger charge is -2.28. The molecule has 0 aliphatic carbocycles. The third kappa shape index (κ3) is 8.94. The first-order valence-corrected chi connectivity index (χ1v) is 9.59. The number of thiol groups is 1. The smallest absolute Gasteiger partial charge is 0.490 e. The molecule has 1 aromatic rings. The Kier molecular flexibility index (Phi) is 9.98. The normalized spacial score (nSPS) is 15.0. The van der Waals surface area contributed by atoms with E-state index in [1.54, 1.807) is 0 Å². The number of phenols is 1. The molecule has 2 rings (SSSR count). The Balaban J connectivity index is 0.000000553. The number of carbonyl (C=O) groups is 2. The van der Waals surface area contributed by atoms with Crippen LogP contribution in [0.4, 0.5) is 13.2 Å². The number of aromatic carboxylic acids is 1. The van der Waals surface area contributed by atoms with Crippen LogP contribution in [-0.2, 0) is 27.0 Å². The molecule has 0 saturated carbocycles. The van der Waals surface area contributed by atoms with Crippen LogP contribution in [0.2, 0.25) is 0 Å². The van der Waals surface area contributed by atoms with E-state index >= 15 is 0 Å². The van der Waals surface area contributed by atoms with Crippen molar-refractivity contribution in [1.29, 1.82) is 0 Å². The molecule has 30 heavy (non-hydrogen) atoms. The summed E-state index contributed by atoms with van der Waals surface area (Å²) in [5.41, 5.74) is 0.328. The van der Waals surface area contributed by atoms with Gasteiger partial charge in [-0.2, -0.15) is 17.5 Å². The number of morpholine rings is 1. The second-order valence-electron chi connectivity index (χ2n) is 6.04. The van der Waals surface area contributed by atoms with E-state index < -0.39 is 29.0 Å². The van der Waals surface area contributed by atoms with Crippen molar-refractivity contribution in [3.63, 3.8) is 0 Å². The van der Waals surface area contributed by atoms with Crippen LogP contribution in [0.15, 0.2) is 18.2 Å². The number of alkyl halides is 3. The number of carboxylic acids is 2. The number of aliphatic carboxylic acids is 1. The van der Waals surface area contributed by atoms with E-state index in [1.165, 1.54) is 22.5 Å². The number of hydrogen-bond donors (Lipinski definition) is 4. The van der Waals surface area contributed by atoms with Gasteiger partial charge in [-0.3, -0.25) is 4.90 Å². The van der Waals surface area contributed by atoms with Gasteiger partial charge in [-0.25, -0.2) is 18.0 Å². The highest BCUT2D eigenvalue weighted by atomic mass is 32.2. The Morgan fingerprint density at radius 1 is 1.17 bits per heavy atom. The molecule has 1 aliphatic rings. The van der Waals surface area contributed by atoms with E-state index in [1.807, 2.05) is 0 Å². The highest BCUT2D eigenvalue weighted by Gasteiger charge is 2.38. The molecule has 1 aromatic carbocycles. The first-order valence-electron chi connectivity index (χ1n) is 8.46. The fourth-order valence-electron chi connectivity index (χ4n) is 2.37. The van der Waals surface area contributed by atoms with E-state index in [-0.39, 0.29) is 17.9 Å². The number of hydrogen-bond acceptors (Lipinski definition) is 7. The lowest BCUT2D eigenvalue weighted by atomic mass is 10.1. The molecular formula is C16H21F3N2O8S. The highest BCUT2D eigenvalue weighted by molar-refractivity contribution is 7.69. The fraction of sp³-hybridized carbons (Fsp3) is 0.500. The van der Waals surface area contributed by atoms with E-state index in [4.69, 9.17) is 19.7 Å². The topological polar surface area (TPSA) is 145 Å². The summed E-state index contributed by atoms with van der Waals surface area (Å²) in [4.78, 5) is 21.9. The lowest BCUT2D eigenvalue weighted by molar-refractivity contribution is -0.192. The number of nitrogens with zero attached hydrogens (tertiary/aromatic N) is 2. The van der Waals surface area contributed by atoms with Gasteiger partial charge in [0.15, 0.2) is 0 Å². The Bertz CT molecular complexity index is 802. The van der Waals surface area contributed by atoms with Crippen LogP contribution in [0, 0.1) is 0 Å². The van der Waals surface area contributed by atoms with Crippen LogP contribution in [0.1, 0.15) is 15.9 Å². The molecule has 0 bridgehead atoms. The zero-order valence-electron chi connectivity index (χ0n) is 15.5. The van der Waals surface area contributed by atoms with Gasteiger partial charge in [0.05, 0.1) is 13.2 Å². The number of aromatic hydroxyl groups is 1. The summed E-state index contributed by atoms with van der Waals surface area (Å²) in [6.07, 6.45) is -5.08. The van der Waals surface area contributed by atoms with Gasteiger partial charge in [-0.1, -0.05) is 6.07 Å².